The van der Waals surface area contributed by atoms with E-state index in [0.717, 1.165) is 11.3 Å². The van der Waals surface area contributed by atoms with Crippen LogP contribution in [0.1, 0.15) is 15.9 Å². The first-order valence-corrected chi connectivity index (χ1v) is 8.56. The summed E-state index contributed by atoms with van der Waals surface area (Å²) in [4.78, 5) is 27.1. The number of benzene rings is 2. The molecule has 1 aliphatic heterocycles. The SMILES string of the molecule is Cc1ccc(OCC(=O)N2CCN(c3cccc(C(=O)[O-])c3)CC2)cc1. The zero-order valence-corrected chi connectivity index (χ0v) is 14.7. The molecule has 0 saturated carbocycles. The van der Waals surface area contributed by atoms with Crippen LogP contribution < -0.4 is 14.7 Å². The van der Waals surface area contributed by atoms with Crippen molar-refractivity contribution in [3.63, 3.8) is 0 Å². The van der Waals surface area contributed by atoms with Gasteiger partial charge in [0.25, 0.3) is 5.91 Å². The first kappa shape index (κ1) is 17.8. The minimum Gasteiger partial charge on any atom is -0.545 e. The van der Waals surface area contributed by atoms with Crippen molar-refractivity contribution in [3.05, 3.63) is 59.7 Å². The lowest BCUT2D eigenvalue weighted by molar-refractivity contribution is -0.255. The Kier molecular flexibility index (Phi) is 5.41. The Labute approximate surface area is 152 Å². The van der Waals surface area contributed by atoms with Gasteiger partial charge in [-0.25, -0.2) is 0 Å². The van der Waals surface area contributed by atoms with Crippen LogP contribution in [0.4, 0.5) is 5.69 Å². The average molecular weight is 353 g/mol. The zero-order chi connectivity index (χ0) is 18.5. The molecule has 0 spiro atoms. The van der Waals surface area contributed by atoms with Crippen LogP contribution in [-0.2, 0) is 4.79 Å². The maximum absolute atomic E-state index is 12.3. The fourth-order valence-electron chi connectivity index (χ4n) is 2.91. The van der Waals surface area contributed by atoms with Gasteiger partial charge in [0, 0.05) is 31.9 Å². The van der Waals surface area contributed by atoms with Crippen LogP contribution in [0, 0.1) is 6.92 Å². The molecule has 6 nitrogen and oxygen atoms in total. The van der Waals surface area contributed by atoms with E-state index in [1.165, 1.54) is 6.07 Å². The van der Waals surface area contributed by atoms with Crippen LogP contribution in [0.3, 0.4) is 0 Å². The summed E-state index contributed by atoms with van der Waals surface area (Å²) in [6.07, 6.45) is 0. The topological polar surface area (TPSA) is 72.9 Å². The molecule has 1 heterocycles. The van der Waals surface area contributed by atoms with Gasteiger partial charge in [0.05, 0.1) is 5.97 Å². The smallest absolute Gasteiger partial charge is 0.260 e. The van der Waals surface area contributed by atoms with Crippen LogP contribution >= 0.6 is 0 Å². The molecular formula is C20H21N2O4-. The van der Waals surface area contributed by atoms with Gasteiger partial charge < -0.3 is 24.4 Å². The van der Waals surface area contributed by atoms with E-state index in [0.29, 0.717) is 31.9 Å². The summed E-state index contributed by atoms with van der Waals surface area (Å²) in [5, 5.41) is 11.0. The fraction of sp³-hybridized carbons (Fsp3) is 0.300. The second-order valence-electron chi connectivity index (χ2n) is 6.31. The van der Waals surface area contributed by atoms with E-state index in [2.05, 4.69) is 4.90 Å². The highest BCUT2D eigenvalue weighted by Crippen LogP contribution is 2.18. The van der Waals surface area contributed by atoms with Gasteiger partial charge in [-0.2, -0.15) is 0 Å². The maximum atomic E-state index is 12.3. The Bertz CT molecular complexity index is 781. The molecule has 2 aromatic carbocycles. The number of hydrogen-bond acceptors (Lipinski definition) is 5. The molecule has 1 amide bonds. The number of piperazine rings is 1. The summed E-state index contributed by atoms with van der Waals surface area (Å²) in [5.41, 5.74) is 2.13. The molecule has 1 saturated heterocycles. The van der Waals surface area contributed by atoms with Crippen molar-refractivity contribution in [2.24, 2.45) is 0 Å². The van der Waals surface area contributed by atoms with Crippen LogP contribution in [0.15, 0.2) is 48.5 Å². The highest BCUT2D eigenvalue weighted by molar-refractivity contribution is 5.87. The zero-order valence-electron chi connectivity index (χ0n) is 14.7. The molecule has 1 aliphatic rings. The van der Waals surface area contributed by atoms with E-state index in [9.17, 15) is 14.7 Å². The molecule has 6 heteroatoms. The van der Waals surface area contributed by atoms with Gasteiger partial charge in [-0.05, 0) is 36.8 Å². The van der Waals surface area contributed by atoms with Crippen molar-refractivity contribution in [2.75, 3.05) is 37.7 Å². The standard InChI is InChI=1S/C20H22N2O4/c1-15-5-7-18(8-6-15)26-14-19(23)22-11-9-21(10-12-22)17-4-2-3-16(13-17)20(24)25/h2-8,13H,9-12,14H2,1H3,(H,24,25)/p-1. The Morgan fingerprint density at radius 3 is 2.38 bits per heavy atom. The third-order valence-corrected chi connectivity index (χ3v) is 4.46. The molecule has 0 bridgehead atoms. The molecule has 136 valence electrons. The first-order chi connectivity index (χ1) is 12.5. The van der Waals surface area contributed by atoms with E-state index in [1.807, 2.05) is 37.3 Å². The van der Waals surface area contributed by atoms with Gasteiger partial charge in [-0.1, -0.05) is 29.8 Å². The van der Waals surface area contributed by atoms with E-state index >= 15 is 0 Å². The maximum Gasteiger partial charge on any atom is 0.260 e. The molecule has 26 heavy (non-hydrogen) atoms. The van der Waals surface area contributed by atoms with Crippen LogP contribution in [0.5, 0.6) is 5.75 Å². The molecule has 0 unspecified atom stereocenters. The van der Waals surface area contributed by atoms with Gasteiger partial charge in [-0.15, -0.1) is 0 Å². The van der Waals surface area contributed by atoms with E-state index in [4.69, 9.17) is 4.74 Å². The molecular weight excluding hydrogens is 332 g/mol. The van der Waals surface area contributed by atoms with Crippen molar-refractivity contribution in [2.45, 2.75) is 6.92 Å². The number of carbonyl (C=O) groups excluding carboxylic acids is 2. The first-order valence-electron chi connectivity index (χ1n) is 8.56. The second-order valence-corrected chi connectivity index (χ2v) is 6.31. The molecule has 0 aliphatic carbocycles. The number of aromatic carboxylic acids is 1. The number of anilines is 1. The van der Waals surface area contributed by atoms with Gasteiger partial charge in [0.2, 0.25) is 0 Å². The Hall–Kier alpha value is -3.02. The summed E-state index contributed by atoms with van der Waals surface area (Å²) < 4.78 is 5.55. The summed E-state index contributed by atoms with van der Waals surface area (Å²) in [6, 6.07) is 14.3. The molecule has 0 N–H and O–H groups in total. The number of rotatable bonds is 5. The van der Waals surface area contributed by atoms with Gasteiger partial charge in [0.15, 0.2) is 6.61 Å². The normalized spacial score (nSPS) is 14.2. The minimum absolute atomic E-state index is 0.0171. The Balaban J connectivity index is 1.51. The lowest BCUT2D eigenvalue weighted by Gasteiger charge is -2.36. The predicted molar refractivity (Wildman–Crippen MR) is 96.2 cm³/mol. The molecule has 0 aromatic heterocycles. The number of aryl methyl sites for hydroxylation is 1. The molecule has 3 rings (SSSR count). The summed E-state index contributed by atoms with van der Waals surface area (Å²) in [7, 11) is 0. The van der Waals surface area contributed by atoms with Crippen molar-refractivity contribution >= 4 is 17.6 Å². The average Bonchev–Trinajstić information content (AvgIpc) is 2.67. The largest absolute Gasteiger partial charge is 0.545 e. The third kappa shape index (κ3) is 4.33. The minimum atomic E-state index is -1.19. The number of hydrogen-bond donors (Lipinski definition) is 0. The second kappa shape index (κ2) is 7.91. The predicted octanol–water partition coefficient (Wildman–Crippen LogP) is 1.09. The summed E-state index contributed by atoms with van der Waals surface area (Å²) in [6.45, 7) is 4.46. The number of nitrogens with zero attached hydrogens (tertiary/aromatic N) is 2. The lowest BCUT2D eigenvalue weighted by atomic mass is 10.1. The molecule has 1 fully saturated rings. The Morgan fingerprint density at radius 1 is 1.04 bits per heavy atom. The highest BCUT2D eigenvalue weighted by atomic mass is 16.5. The fourth-order valence-corrected chi connectivity index (χ4v) is 2.91. The monoisotopic (exact) mass is 353 g/mol. The van der Waals surface area contributed by atoms with Gasteiger partial charge in [0.1, 0.15) is 5.75 Å². The van der Waals surface area contributed by atoms with Gasteiger partial charge in [-0.3, -0.25) is 4.79 Å². The van der Waals surface area contributed by atoms with Crippen LogP contribution in [0.2, 0.25) is 0 Å². The van der Waals surface area contributed by atoms with E-state index in [1.54, 1.807) is 17.0 Å². The van der Waals surface area contributed by atoms with Crippen molar-refractivity contribution in [1.29, 1.82) is 0 Å². The summed E-state index contributed by atoms with van der Waals surface area (Å²) in [5.74, 6) is -0.552. The van der Waals surface area contributed by atoms with E-state index < -0.39 is 5.97 Å². The third-order valence-electron chi connectivity index (χ3n) is 4.46. The summed E-state index contributed by atoms with van der Waals surface area (Å²) >= 11 is 0. The number of ether oxygens (including phenoxy) is 1. The Morgan fingerprint density at radius 2 is 1.73 bits per heavy atom. The van der Waals surface area contributed by atoms with Crippen molar-refractivity contribution in [1.82, 2.24) is 4.90 Å². The van der Waals surface area contributed by atoms with Crippen molar-refractivity contribution < 1.29 is 19.4 Å². The highest BCUT2D eigenvalue weighted by Gasteiger charge is 2.21. The molecule has 2 aromatic rings. The molecule has 0 radical (unpaired) electrons. The number of carbonyl (C=O) groups is 2. The van der Waals surface area contributed by atoms with E-state index in [-0.39, 0.29) is 18.1 Å². The van der Waals surface area contributed by atoms with Crippen LogP contribution in [-0.4, -0.2) is 49.6 Å². The number of amides is 1. The quantitative estimate of drug-likeness (QED) is 0.804. The van der Waals surface area contributed by atoms with Gasteiger partial charge >= 0.3 is 0 Å². The van der Waals surface area contributed by atoms with Crippen molar-refractivity contribution in [3.8, 4) is 5.75 Å². The van der Waals surface area contributed by atoms with Crippen LogP contribution in [0.25, 0.3) is 0 Å². The lowest BCUT2D eigenvalue weighted by Crippen LogP contribution is -2.50. The molecule has 0 atom stereocenters. The number of carboxylic acid groups (broad SMARTS) is 1. The number of carboxylic acids is 1.